The third-order valence-electron chi connectivity index (χ3n) is 2.70. The predicted octanol–water partition coefficient (Wildman–Crippen LogP) is 2.15. The molecule has 2 N–H and O–H groups in total. The number of carbonyl (C=O) groups is 1. The molecule has 1 heterocycles. The average molecular weight is 294 g/mol. The van der Waals surface area contributed by atoms with Gasteiger partial charge in [-0.1, -0.05) is 12.2 Å². The summed E-state index contributed by atoms with van der Waals surface area (Å²) in [6.45, 7) is 8.79. The molecule has 0 saturated heterocycles. The molecule has 1 atom stereocenters. The molecule has 0 radical (unpaired) electrons. The van der Waals surface area contributed by atoms with Crippen LogP contribution in [0.15, 0.2) is 24.5 Å². The van der Waals surface area contributed by atoms with Gasteiger partial charge in [0.1, 0.15) is 5.60 Å². The summed E-state index contributed by atoms with van der Waals surface area (Å²) in [5.41, 5.74) is 0.687. The lowest BCUT2D eigenvalue weighted by Gasteiger charge is -2.19. The lowest BCUT2D eigenvalue weighted by molar-refractivity contribution is 0.0534. The highest BCUT2D eigenvalue weighted by Gasteiger charge is 2.14. The van der Waals surface area contributed by atoms with Crippen molar-refractivity contribution in [1.82, 2.24) is 20.4 Å². The zero-order chi connectivity index (χ0) is 15.9. The molecule has 1 aromatic rings. The normalized spacial score (nSPS) is 13.4. The van der Waals surface area contributed by atoms with Gasteiger partial charge in [-0.2, -0.15) is 5.10 Å². The van der Waals surface area contributed by atoms with Gasteiger partial charge in [0.15, 0.2) is 0 Å². The Kier molecular flexibility index (Phi) is 6.42. The van der Waals surface area contributed by atoms with Gasteiger partial charge in [-0.3, -0.25) is 4.68 Å². The summed E-state index contributed by atoms with van der Waals surface area (Å²) in [6.07, 6.45) is 7.32. The molecule has 1 unspecified atom stereocenters. The van der Waals surface area contributed by atoms with Crippen molar-refractivity contribution in [2.24, 2.45) is 7.05 Å². The van der Waals surface area contributed by atoms with Gasteiger partial charge in [0.2, 0.25) is 0 Å². The van der Waals surface area contributed by atoms with Gasteiger partial charge >= 0.3 is 6.09 Å². The van der Waals surface area contributed by atoms with Crippen molar-refractivity contribution < 1.29 is 9.53 Å². The molecule has 0 aromatic carbocycles. The number of alkyl carbamates (subject to hydrolysis) is 1. The van der Waals surface area contributed by atoms with E-state index < -0.39 is 11.7 Å². The summed E-state index contributed by atoms with van der Waals surface area (Å²) in [5.74, 6) is 0. The van der Waals surface area contributed by atoms with Crippen LogP contribution in [-0.4, -0.2) is 34.6 Å². The zero-order valence-electron chi connectivity index (χ0n) is 13.5. The Morgan fingerprint density at radius 3 is 2.67 bits per heavy atom. The number of carbonyl (C=O) groups excluding carboxylic acids is 1. The fraction of sp³-hybridized carbons (Fsp3) is 0.600. The second-order valence-electron chi connectivity index (χ2n) is 5.93. The van der Waals surface area contributed by atoms with E-state index >= 15 is 0 Å². The van der Waals surface area contributed by atoms with Gasteiger partial charge in [-0.15, -0.1) is 0 Å². The number of aryl methyl sites for hydroxylation is 1. The summed E-state index contributed by atoms with van der Waals surface area (Å²) in [7, 11) is 1.90. The molecule has 0 spiro atoms. The Bertz CT molecular complexity index is 474. The number of rotatable bonds is 6. The molecule has 1 rings (SSSR count). The third kappa shape index (κ3) is 7.51. The molecule has 6 heteroatoms. The van der Waals surface area contributed by atoms with Crippen molar-refractivity contribution in [3.8, 4) is 0 Å². The van der Waals surface area contributed by atoms with E-state index in [4.69, 9.17) is 4.74 Å². The van der Waals surface area contributed by atoms with E-state index in [1.54, 1.807) is 4.68 Å². The van der Waals surface area contributed by atoms with Crippen LogP contribution in [0.25, 0.3) is 0 Å². The largest absolute Gasteiger partial charge is 0.444 e. The molecule has 118 valence electrons. The predicted molar refractivity (Wildman–Crippen MR) is 83.0 cm³/mol. The molecule has 0 aliphatic carbocycles. The lowest BCUT2D eigenvalue weighted by atomic mass is 10.2. The highest BCUT2D eigenvalue weighted by atomic mass is 16.6. The maximum atomic E-state index is 11.4. The summed E-state index contributed by atoms with van der Waals surface area (Å²) >= 11 is 0. The maximum Gasteiger partial charge on any atom is 0.407 e. The molecule has 6 nitrogen and oxygen atoms in total. The van der Waals surface area contributed by atoms with Crippen LogP contribution >= 0.6 is 0 Å². The number of nitrogens with one attached hydrogen (secondary N) is 2. The first-order valence-corrected chi connectivity index (χ1v) is 7.11. The van der Waals surface area contributed by atoms with Crippen molar-refractivity contribution in [3.05, 3.63) is 30.1 Å². The monoisotopic (exact) mass is 294 g/mol. The molecule has 21 heavy (non-hydrogen) atoms. The van der Waals surface area contributed by atoms with E-state index in [0.717, 1.165) is 12.1 Å². The third-order valence-corrected chi connectivity index (χ3v) is 2.70. The van der Waals surface area contributed by atoms with Crippen LogP contribution in [0.5, 0.6) is 0 Å². The van der Waals surface area contributed by atoms with Crippen molar-refractivity contribution in [2.75, 3.05) is 13.1 Å². The SMILES string of the molecule is CC(NC/C=C/CNC(=O)OC(C)(C)C)c1cnn(C)c1. The Balaban J connectivity index is 2.16. The Morgan fingerprint density at radius 2 is 2.10 bits per heavy atom. The number of hydrogen-bond donors (Lipinski definition) is 2. The van der Waals surface area contributed by atoms with Crippen LogP contribution in [0.2, 0.25) is 0 Å². The quantitative estimate of drug-likeness (QED) is 0.789. The summed E-state index contributed by atoms with van der Waals surface area (Å²) in [4.78, 5) is 11.4. The molecular formula is C15H26N4O2. The Hall–Kier alpha value is -1.82. The van der Waals surface area contributed by atoms with E-state index in [-0.39, 0.29) is 6.04 Å². The summed E-state index contributed by atoms with van der Waals surface area (Å²) in [5, 5.41) is 10.2. The number of aromatic nitrogens is 2. The summed E-state index contributed by atoms with van der Waals surface area (Å²) < 4.78 is 6.92. The van der Waals surface area contributed by atoms with Crippen LogP contribution in [0.4, 0.5) is 4.79 Å². The molecule has 0 fully saturated rings. The van der Waals surface area contributed by atoms with Crippen LogP contribution in [0.1, 0.15) is 39.3 Å². The Labute approximate surface area is 126 Å². The number of amides is 1. The zero-order valence-corrected chi connectivity index (χ0v) is 13.5. The van der Waals surface area contributed by atoms with E-state index in [1.807, 2.05) is 52.4 Å². The second-order valence-corrected chi connectivity index (χ2v) is 5.93. The van der Waals surface area contributed by atoms with E-state index in [1.165, 1.54) is 0 Å². The minimum atomic E-state index is -0.464. The minimum Gasteiger partial charge on any atom is -0.444 e. The van der Waals surface area contributed by atoms with E-state index in [2.05, 4.69) is 22.7 Å². The Morgan fingerprint density at radius 1 is 1.43 bits per heavy atom. The van der Waals surface area contributed by atoms with Crippen LogP contribution in [0, 0.1) is 0 Å². The van der Waals surface area contributed by atoms with Crippen LogP contribution in [0.3, 0.4) is 0 Å². The number of hydrogen-bond acceptors (Lipinski definition) is 4. The summed E-state index contributed by atoms with van der Waals surface area (Å²) in [6, 6.07) is 0.238. The van der Waals surface area contributed by atoms with Crippen LogP contribution in [-0.2, 0) is 11.8 Å². The van der Waals surface area contributed by atoms with Crippen LogP contribution < -0.4 is 10.6 Å². The highest BCUT2D eigenvalue weighted by molar-refractivity contribution is 5.67. The van der Waals surface area contributed by atoms with Gasteiger partial charge in [-0.05, 0) is 27.7 Å². The van der Waals surface area contributed by atoms with Crippen molar-refractivity contribution in [3.63, 3.8) is 0 Å². The lowest BCUT2D eigenvalue weighted by Crippen LogP contribution is -2.32. The minimum absolute atomic E-state index is 0.238. The second kappa shape index (κ2) is 7.83. The van der Waals surface area contributed by atoms with Gasteiger partial charge < -0.3 is 15.4 Å². The van der Waals surface area contributed by atoms with Gasteiger partial charge in [0.25, 0.3) is 0 Å². The average Bonchev–Trinajstić information content (AvgIpc) is 2.78. The molecule has 1 aromatic heterocycles. The molecular weight excluding hydrogens is 268 g/mol. The molecule has 0 saturated carbocycles. The topological polar surface area (TPSA) is 68.2 Å². The van der Waals surface area contributed by atoms with Crippen molar-refractivity contribution in [2.45, 2.75) is 39.3 Å². The van der Waals surface area contributed by atoms with Gasteiger partial charge in [0, 0.05) is 37.9 Å². The molecule has 1 amide bonds. The molecule has 0 aliphatic rings. The van der Waals surface area contributed by atoms with E-state index in [0.29, 0.717) is 6.54 Å². The van der Waals surface area contributed by atoms with Gasteiger partial charge in [0.05, 0.1) is 6.20 Å². The highest BCUT2D eigenvalue weighted by Crippen LogP contribution is 2.09. The molecule has 0 bridgehead atoms. The first-order valence-electron chi connectivity index (χ1n) is 7.11. The standard InChI is InChI=1S/C15H26N4O2/c1-12(13-10-18-19(5)11-13)16-8-6-7-9-17-14(20)21-15(2,3)4/h6-7,10-12,16H,8-9H2,1-5H3,(H,17,20)/b7-6+. The smallest absolute Gasteiger partial charge is 0.407 e. The fourth-order valence-electron chi connectivity index (χ4n) is 1.65. The maximum absolute atomic E-state index is 11.4. The van der Waals surface area contributed by atoms with Crippen molar-refractivity contribution >= 4 is 6.09 Å². The number of ether oxygens (including phenoxy) is 1. The first kappa shape index (κ1) is 17.2. The number of nitrogens with zero attached hydrogens (tertiary/aromatic N) is 2. The van der Waals surface area contributed by atoms with E-state index in [9.17, 15) is 4.79 Å². The fourth-order valence-corrected chi connectivity index (χ4v) is 1.65. The molecule has 0 aliphatic heterocycles. The first-order chi connectivity index (χ1) is 9.78. The van der Waals surface area contributed by atoms with Gasteiger partial charge in [-0.25, -0.2) is 4.79 Å². The van der Waals surface area contributed by atoms with Crippen molar-refractivity contribution in [1.29, 1.82) is 0 Å².